The average Bonchev–Trinajstić information content (AvgIpc) is 3.14. The van der Waals surface area contributed by atoms with E-state index in [0.717, 1.165) is 22.8 Å². The monoisotopic (exact) mass is 284 g/mol. The molecule has 2 aromatic heterocycles. The van der Waals surface area contributed by atoms with Gasteiger partial charge in [0.2, 0.25) is 0 Å². The molecule has 0 bridgehead atoms. The fraction of sp³-hybridized carbons (Fsp3) is 0.200. The molecule has 0 aliphatic heterocycles. The SMILES string of the molecule is Cn1cnnc1-c1ccccc1NCc1ccc(CO)o1. The number of nitrogens with one attached hydrogen (secondary N) is 1. The molecule has 0 saturated heterocycles. The minimum atomic E-state index is -0.0878. The van der Waals surface area contributed by atoms with Crippen molar-refractivity contribution in [1.29, 1.82) is 0 Å². The largest absolute Gasteiger partial charge is 0.462 e. The Morgan fingerprint density at radius 2 is 2.00 bits per heavy atom. The highest BCUT2D eigenvalue weighted by atomic mass is 16.4. The summed E-state index contributed by atoms with van der Waals surface area (Å²) in [6, 6.07) is 11.5. The van der Waals surface area contributed by atoms with E-state index in [1.54, 1.807) is 12.4 Å². The van der Waals surface area contributed by atoms with Gasteiger partial charge in [-0.1, -0.05) is 12.1 Å². The van der Waals surface area contributed by atoms with Crippen LogP contribution in [-0.2, 0) is 20.2 Å². The summed E-state index contributed by atoms with van der Waals surface area (Å²) in [6.07, 6.45) is 1.67. The van der Waals surface area contributed by atoms with Gasteiger partial charge in [0.15, 0.2) is 5.82 Å². The fourth-order valence-electron chi connectivity index (χ4n) is 2.14. The number of rotatable bonds is 5. The Labute approximate surface area is 122 Å². The number of anilines is 1. The first-order valence-electron chi connectivity index (χ1n) is 6.63. The van der Waals surface area contributed by atoms with Gasteiger partial charge < -0.3 is 19.4 Å². The van der Waals surface area contributed by atoms with Gasteiger partial charge in [0.05, 0.1) is 6.54 Å². The van der Waals surface area contributed by atoms with Crippen molar-refractivity contribution in [3.63, 3.8) is 0 Å². The number of aromatic nitrogens is 3. The number of aliphatic hydroxyl groups excluding tert-OH is 1. The number of benzene rings is 1. The number of furan rings is 1. The summed E-state index contributed by atoms with van der Waals surface area (Å²) in [5.41, 5.74) is 1.93. The molecule has 21 heavy (non-hydrogen) atoms. The molecule has 0 saturated carbocycles. The van der Waals surface area contributed by atoms with Crippen LogP contribution >= 0.6 is 0 Å². The second-order valence-corrected chi connectivity index (χ2v) is 4.69. The number of hydrogen-bond acceptors (Lipinski definition) is 5. The number of para-hydroxylation sites is 1. The summed E-state index contributed by atoms with van der Waals surface area (Å²) in [5.74, 6) is 2.13. The predicted octanol–water partition coefficient (Wildman–Crippen LogP) is 2.18. The first-order chi connectivity index (χ1) is 10.3. The number of aryl methyl sites for hydroxylation is 1. The molecular formula is C15H16N4O2. The van der Waals surface area contributed by atoms with Crippen LogP contribution in [0.4, 0.5) is 5.69 Å². The molecule has 0 unspecified atom stereocenters. The Kier molecular flexibility index (Phi) is 3.70. The maximum atomic E-state index is 9.00. The van der Waals surface area contributed by atoms with E-state index in [4.69, 9.17) is 9.52 Å². The van der Waals surface area contributed by atoms with Crippen molar-refractivity contribution < 1.29 is 9.52 Å². The van der Waals surface area contributed by atoms with Crippen LogP contribution in [0, 0.1) is 0 Å². The maximum Gasteiger partial charge on any atom is 0.165 e. The second-order valence-electron chi connectivity index (χ2n) is 4.69. The van der Waals surface area contributed by atoms with Crippen molar-refractivity contribution in [3.05, 3.63) is 54.2 Å². The summed E-state index contributed by atoms with van der Waals surface area (Å²) in [5, 5.41) is 20.4. The maximum absolute atomic E-state index is 9.00. The zero-order valence-electron chi connectivity index (χ0n) is 11.7. The van der Waals surface area contributed by atoms with Crippen LogP contribution in [0.2, 0.25) is 0 Å². The highest BCUT2D eigenvalue weighted by Crippen LogP contribution is 2.26. The van der Waals surface area contributed by atoms with Crippen LogP contribution < -0.4 is 5.32 Å². The molecule has 3 rings (SSSR count). The van der Waals surface area contributed by atoms with E-state index in [1.165, 1.54) is 0 Å². The Morgan fingerprint density at radius 1 is 1.19 bits per heavy atom. The van der Waals surface area contributed by atoms with Gasteiger partial charge in [-0.15, -0.1) is 10.2 Å². The fourth-order valence-corrected chi connectivity index (χ4v) is 2.14. The van der Waals surface area contributed by atoms with E-state index in [9.17, 15) is 0 Å². The van der Waals surface area contributed by atoms with E-state index in [0.29, 0.717) is 12.3 Å². The van der Waals surface area contributed by atoms with Gasteiger partial charge in [0.1, 0.15) is 24.5 Å². The van der Waals surface area contributed by atoms with E-state index < -0.39 is 0 Å². The van der Waals surface area contributed by atoms with Gasteiger partial charge in [0, 0.05) is 18.3 Å². The molecule has 0 atom stereocenters. The molecule has 0 fully saturated rings. The summed E-state index contributed by atoms with van der Waals surface area (Å²) in [4.78, 5) is 0. The Bertz CT molecular complexity index is 733. The standard InChI is InChI=1S/C15H16N4O2/c1-19-10-17-18-15(19)13-4-2-3-5-14(13)16-8-11-6-7-12(9-20)21-11/h2-7,10,16,20H,8-9H2,1H3. The van der Waals surface area contributed by atoms with Crippen molar-refractivity contribution in [2.75, 3.05) is 5.32 Å². The van der Waals surface area contributed by atoms with Gasteiger partial charge in [-0.05, 0) is 24.3 Å². The van der Waals surface area contributed by atoms with Gasteiger partial charge in [-0.25, -0.2) is 0 Å². The number of nitrogens with zero attached hydrogens (tertiary/aromatic N) is 3. The Balaban J connectivity index is 1.81. The summed E-state index contributed by atoms with van der Waals surface area (Å²) in [6.45, 7) is 0.449. The molecule has 0 radical (unpaired) electrons. The average molecular weight is 284 g/mol. The molecule has 0 spiro atoms. The van der Waals surface area contributed by atoms with E-state index in [1.807, 2.05) is 41.9 Å². The highest BCUT2D eigenvalue weighted by molar-refractivity contribution is 5.73. The first-order valence-corrected chi connectivity index (χ1v) is 6.63. The van der Waals surface area contributed by atoms with Gasteiger partial charge >= 0.3 is 0 Å². The molecule has 6 heteroatoms. The first kappa shape index (κ1) is 13.4. The van der Waals surface area contributed by atoms with Crippen molar-refractivity contribution >= 4 is 5.69 Å². The minimum Gasteiger partial charge on any atom is -0.462 e. The van der Waals surface area contributed by atoms with Crippen LogP contribution in [0.3, 0.4) is 0 Å². The van der Waals surface area contributed by atoms with Crippen LogP contribution in [0.25, 0.3) is 11.4 Å². The lowest BCUT2D eigenvalue weighted by Gasteiger charge is -2.10. The molecule has 0 aliphatic rings. The summed E-state index contributed by atoms with van der Waals surface area (Å²) in [7, 11) is 1.91. The topological polar surface area (TPSA) is 76.1 Å². The van der Waals surface area contributed by atoms with Gasteiger partial charge in [0.25, 0.3) is 0 Å². The molecule has 108 valence electrons. The quantitative estimate of drug-likeness (QED) is 0.751. The molecule has 2 N–H and O–H groups in total. The zero-order valence-corrected chi connectivity index (χ0v) is 11.7. The predicted molar refractivity (Wildman–Crippen MR) is 78.4 cm³/mol. The van der Waals surface area contributed by atoms with Crippen molar-refractivity contribution in [2.24, 2.45) is 7.05 Å². The zero-order chi connectivity index (χ0) is 14.7. The number of aliphatic hydroxyl groups is 1. The van der Waals surface area contributed by atoms with E-state index >= 15 is 0 Å². The van der Waals surface area contributed by atoms with Gasteiger partial charge in [-0.2, -0.15) is 0 Å². The van der Waals surface area contributed by atoms with Crippen LogP contribution in [-0.4, -0.2) is 19.9 Å². The van der Waals surface area contributed by atoms with Crippen LogP contribution in [0.1, 0.15) is 11.5 Å². The molecule has 0 aliphatic carbocycles. The van der Waals surface area contributed by atoms with E-state index in [2.05, 4.69) is 15.5 Å². The van der Waals surface area contributed by atoms with Crippen molar-refractivity contribution in [2.45, 2.75) is 13.2 Å². The van der Waals surface area contributed by atoms with Crippen molar-refractivity contribution in [1.82, 2.24) is 14.8 Å². The third kappa shape index (κ3) is 2.80. The summed E-state index contributed by atoms with van der Waals surface area (Å²) >= 11 is 0. The smallest absolute Gasteiger partial charge is 0.165 e. The molecular weight excluding hydrogens is 268 g/mol. The molecule has 0 amide bonds. The van der Waals surface area contributed by atoms with Crippen molar-refractivity contribution in [3.8, 4) is 11.4 Å². The second kappa shape index (κ2) is 5.80. The third-order valence-corrected chi connectivity index (χ3v) is 3.21. The molecule has 2 heterocycles. The Hall–Kier alpha value is -2.60. The lowest BCUT2D eigenvalue weighted by Crippen LogP contribution is -2.01. The summed E-state index contributed by atoms with van der Waals surface area (Å²) < 4.78 is 7.34. The van der Waals surface area contributed by atoms with Gasteiger partial charge in [-0.3, -0.25) is 0 Å². The molecule has 1 aromatic carbocycles. The van der Waals surface area contributed by atoms with E-state index in [-0.39, 0.29) is 6.61 Å². The van der Waals surface area contributed by atoms with Crippen LogP contribution in [0.15, 0.2) is 47.1 Å². The Morgan fingerprint density at radius 3 is 2.71 bits per heavy atom. The lowest BCUT2D eigenvalue weighted by molar-refractivity contribution is 0.244. The highest BCUT2D eigenvalue weighted by Gasteiger charge is 2.10. The molecule has 6 nitrogen and oxygen atoms in total. The lowest BCUT2D eigenvalue weighted by atomic mass is 10.1. The van der Waals surface area contributed by atoms with Crippen LogP contribution in [0.5, 0.6) is 0 Å². The number of hydrogen-bond donors (Lipinski definition) is 2. The third-order valence-electron chi connectivity index (χ3n) is 3.21. The normalized spacial score (nSPS) is 10.8. The molecule has 3 aromatic rings. The minimum absolute atomic E-state index is 0.0878.